The molecular formula is C23H40O3Si. The summed E-state index contributed by atoms with van der Waals surface area (Å²) in [5.41, 5.74) is 1.76. The van der Waals surface area contributed by atoms with Crippen LogP contribution in [0.15, 0.2) is 23.8 Å². The number of rotatable bonds is 5. The van der Waals surface area contributed by atoms with Gasteiger partial charge >= 0.3 is 0 Å². The molecule has 3 rings (SSSR count). The molecule has 0 N–H and O–H groups in total. The molecule has 0 radical (unpaired) electrons. The molecule has 2 fully saturated rings. The predicted octanol–water partition coefficient (Wildman–Crippen LogP) is 6.08. The normalized spacial score (nSPS) is 36.8. The number of allylic oxidation sites excluding steroid dienone is 3. The van der Waals surface area contributed by atoms with Gasteiger partial charge in [-0.2, -0.15) is 0 Å². The average molecular weight is 393 g/mol. The Labute approximate surface area is 167 Å². The van der Waals surface area contributed by atoms with E-state index in [1.807, 2.05) is 0 Å². The van der Waals surface area contributed by atoms with Crippen LogP contribution in [0.1, 0.15) is 59.8 Å². The highest BCUT2D eigenvalue weighted by molar-refractivity contribution is 6.74. The monoisotopic (exact) mass is 392 g/mol. The van der Waals surface area contributed by atoms with Gasteiger partial charge in [0.25, 0.3) is 0 Å². The number of fused-ring (bicyclic) bond motifs is 3. The maximum absolute atomic E-state index is 7.05. The maximum Gasteiger partial charge on any atom is 0.192 e. The highest BCUT2D eigenvalue weighted by Gasteiger charge is 2.56. The minimum absolute atomic E-state index is 0.172. The van der Waals surface area contributed by atoms with Crippen molar-refractivity contribution in [1.82, 2.24) is 0 Å². The van der Waals surface area contributed by atoms with Crippen molar-refractivity contribution >= 4 is 8.32 Å². The number of ether oxygens (including phenoxy) is 2. The summed E-state index contributed by atoms with van der Waals surface area (Å²) in [4.78, 5) is 0. The molecule has 0 amide bonds. The Morgan fingerprint density at radius 1 is 1.19 bits per heavy atom. The van der Waals surface area contributed by atoms with Crippen molar-refractivity contribution in [2.75, 3.05) is 13.9 Å². The minimum Gasteiger partial charge on any atom is -0.410 e. The third-order valence-corrected chi connectivity index (χ3v) is 12.4. The van der Waals surface area contributed by atoms with Crippen molar-refractivity contribution < 1.29 is 13.9 Å². The summed E-state index contributed by atoms with van der Waals surface area (Å²) >= 11 is 0. The lowest BCUT2D eigenvalue weighted by Crippen LogP contribution is -2.52. The van der Waals surface area contributed by atoms with Gasteiger partial charge < -0.3 is 13.9 Å². The molecule has 2 saturated carbocycles. The molecule has 0 heterocycles. The van der Waals surface area contributed by atoms with Gasteiger partial charge in [-0.05, 0) is 73.1 Å². The van der Waals surface area contributed by atoms with Gasteiger partial charge in [0.2, 0.25) is 0 Å². The Morgan fingerprint density at radius 2 is 1.93 bits per heavy atom. The van der Waals surface area contributed by atoms with E-state index in [1.165, 1.54) is 6.42 Å². The molecule has 0 bridgehead atoms. The van der Waals surface area contributed by atoms with Gasteiger partial charge in [0.05, 0.1) is 12.2 Å². The van der Waals surface area contributed by atoms with Crippen LogP contribution in [0.5, 0.6) is 0 Å². The van der Waals surface area contributed by atoms with Gasteiger partial charge in [-0.15, -0.1) is 0 Å². The molecule has 0 aliphatic heterocycles. The summed E-state index contributed by atoms with van der Waals surface area (Å²) in [7, 11) is -0.118. The van der Waals surface area contributed by atoms with E-state index in [1.54, 1.807) is 12.7 Å². The first-order chi connectivity index (χ1) is 12.6. The third kappa shape index (κ3) is 4.01. The largest absolute Gasteiger partial charge is 0.410 e. The summed E-state index contributed by atoms with van der Waals surface area (Å²) in [6.07, 6.45) is 13.4. The highest BCUT2D eigenvalue weighted by atomic mass is 28.4. The molecule has 0 aromatic carbocycles. The molecular weight excluding hydrogens is 352 g/mol. The zero-order valence-corrected chi connectivity index (χ0v) is 19.5. The SMILES string of the molecule is COCO[C@@H]1CC[C@H]2[C@@H]3CC=CCC=C3[C@@H](O[Si](C)(C)C(C)(C)C)C[C@@]12C. The van der Waals surface area contributed by atoms with Crippen LogP contribution in [0, 0.1) is 17.3 Å². The third-order valence-electron chi connectivity index (χ3n) is 7.91. The van der Waals surface area contributed by atoms with Crippen molar-refractivity contribution in [3.05, 3.63) is 23.8 Å². The number of methoxy groups -OCH3 is 1. The van der Waals surface area contributed by atoms with Crippen molar-refractivity contribution in [2.45, 2.75) is 90.1 Å². The zero-order chi connectivity index (χ0) is 19.9. The molecule has 3 aliphatic rings. The molecule has 154 valence electrons. The Kier molecular flexibility index (Phi) is 6.13. The lowest BCUT2D eigenvalue weighted by molar-refractivity contribution is -0.126. The molecule has 3 aliphatic carbocycles. The van der Waals surface area contributed by atoms with E-state index in [-0.39, 0.29) is 22.7 Å². The lowest BCUT2D eigenvalue weighted by Gasteiger charge is -2.51. The molecule has 4 heteroatoms. The number of hydrogen-bond acceptors (Lipinski definition) is 3. The van der Waals surface area contributed by atoms with Crippen LogP contribution >= 0.6 is 0 Å². The average Bonchev–Trinajstić information content (AvgIpc) is 2.74. The van der Waals surface area contributed by atoms with E-state index >= 15 is 0 Å². The summed E-state index contributed by atoms with van der Waals surface area (Å²) in [6.45, 7) is 14.7. The van der Waals surface area contributed by atoms with Crippen LogP contribution < -0.4 is 0 Å². The van der Waals surface area contributed by atoms with Crippen LogP contribution in [0.4, 0.5) is 0 Å². The fourth-order valence-corrected chi connectivity index (χ4v) is 6.64. The first-order valence-electron chi connectivity index (χ1n) is 10.7. The fraction of sp³-hybridized carbons (Fsp3) is 0.826. The summed E-state index contributed by atoms with van der Waals surface area (Å²) < 4.78 is 18.5. The molecule has 3 nitrogen and oxygen atoms in total. The van der Waals surface area contributed by atoms with Crippen LogP contribution in [0.25, 0.3) is 0 Å². The molecule has 0 aromatic heterocycles. The molecule has 0 aromatic rings. The van der Waals surface area contributed by atoms with E-state index in [9.17, 15) is 0 Å². The van der Waals surface area contributed by atoms with Crippen molar-refractivity contribution in [2.24, 2.45) is 17.3 Å². The van der Waals surface area contributed by atoms with Gasteiger partial charge in [-0.25, -0.2) is 0 Å². The van der Waals surface area contributed by atoms with E-state index in [2.05, 4.69) is 59.0 Å². The predicted molar refractivity (Wildman–Crippen MR) is 114 cm³/mol. The second-order valence-corrected chi connectivity index (χ2v) is 15.3. The minimum atomic E-state index is -1.84. The summed E-state index contributed by atoms with van der Waals surface area (Å²) in [5, 5.41) is 0.228. The van der Waals surface area contributed by atoms with Crippen LogP contribution in [0.2, 0.25) is 18.1 Å². The van der Waals surface area contributed by atoms with Gasteiger partial charge in [0.15, 0.2) is 8.32 Å². The molecule has 0 saturated heterocycles. The van der Waals surface area contributed by atoms with Gasteiger partial charge in [0, 0.05) is 7.11 Å². The Balaban J connectivity index is 1.92. The topological polar surface area (TPSA) is 27.7 Å². The highest BCUT2D eigenvalue weighted by Crippen LogP contribution is 2.59. The lowest BCUT2D eigenvalue weighted by atomic mass is 9.60. The zero-order valence-electron chi connectivity index (χ0n) is 18.5. The van der Waals surface area contributed by atoms with Crippen molar-refractivity contribution in [3.63, 3.8) is 0 Å². The molecule has 0 spiro atoms. The van der Waals surface area contributed by atoms with Gasteiger partial charge in [-0.3, -0.25) is 0 Å². The first kappa shape index (κ1) is 21.3. The summed E-state index contributed by atoms with van der Waals surface area (Å²) in [6, 6.07) is 0. The molecule has 27 heavy (non-hydrogen) atoms. The quantitative estimate of drug-likeness (QED) is 0.322. The van der Waals surface area contributed by atoms with E-state index < -0.39 is 8.32 Å². The second-order valence-electron chi connectivity index (χ2n) is 10.6. The Hall–Kier alpha value is -0.423. The standard InChI is InChI=1S/C23H40O3Si/c1-22(2,3)27(6,7)26-20-15-23(4)19(13-14-21(23)25-16-24-5)17-11-9-8-10-12-18(17)20/h8-9,12,17,19-21H,10-11,13-16H2,1-7H3/t17-,19+,20+,21-,23-/m1/s1. The van der Waals surface area contributed by atoms with Gasteiger partial charge in [-0.1, -0.05) is 45.9 Å². The van der Waals surface area contributed by atoms with E-state index in [0.29, 0.717) is 18.6 Å². The summed E-state index contributed by atoms with van der Waals surface area (Å²) in [5.74, 6) is 1.29. The first-order valence-corrected chi connectivity index (χ1v) is 13.6. The molecule has 0 unspecified atom stereocenters. The van der Waals surface area contributed by atoms with Crippen LogP contribution in [-0.4, -0.2) is 34.4 Å². The number of hydrogen-bond donors (Lipinski definition) is 0. The van der Waals surface area contributed by atoms with Crippen LogP contribution in [0.3, 0.4) is 0 Å². The van der Waals surface area contributed by atoms with Crippen LogP contribution in [-0.2, 0) is 13.9 Å². The van der Waals surface area contributed by atoms with Gasteiger partial charge in [0.1, 0.15) is 6.79 Å². The van der Waals surface area contributed by atoms with Crippen molar-refractivity contribution in [3.8, 4) is 0 Å². The Bertz CT molecular complexity index is 589. The van der Waals surface area contributed by atoms with Crippen molar-refractivity contribution in [1.29, 1.82) is 0 Å². The Morgan fingerprint density at radius 3 is 2.59 bits per heavy atom. The maximum atomic E-state index is 7.05. The fourth-order valence-electron chi connectivity index (χ4n) is 5.35. The van der Waals surface area contributed by atoms with E-state index in [0.717, 1.165) is 25.7 Å². The second kappa shape index (κ2) is 7.77. The van der Waals surface area contributed by atoms with E-state index in [4.69, 9.17) is 13.9 Å². The molecule has 5 atom stereocenters. The smallest absolute Gasteiger partial charge is 0.192 e.